The lowest BCUT2D eigenvalue weighted by Crippen LogP contribution is -2.53. The predicted octanol–water partition coefficient (Wildman–Crippen LogP) is -3.76. The van der Waals surface area contributed by atoms with E-state index >= 15 is 0 Å². The van der Waals surface area contributed by atoms with Gasteiger partial charge in [-0.1, -0.05) is 0 Å². The Morgan fingerprint density at radius 2 is 1.59 bits per heavy atom. The first-order chi connectivity index (χ1) is 12.4. The van der Waals surface area contributed by atoms with E-state index < -0.39 is 66.7 Å². The molecule has 0 aromatic heterocycles. The van der Waals surface area contributed by atoms with E-state index in [0.29, 0.717) is 0 Å². The van der Waals surface area contributed by atoms with Gasteiger partial charge in [0.15, 0.2) is 0 Å². The fourth-order valence-corrected chi connectivity index (χ4v) is 1.76. The van der Waals surface area contributed by atoms with Crippen LogP contribution in [0.3, 0.4) is 0 Å². The average molecular weight is 389 g/mol. The molecule has 13 nitrogen and oxygen atoms in total. The summed E-state index contributed by atoms with van der Waals surface area (Å²) in [5.41, 5.74) is 10.4. The number of nitrogens with two attached hydrogens (primary N) is 2. The molecule has 3 atom stereocenters. The van der Waals surface area contributed by atoms with Crippen LogP contribution in [0.1, 0.15) is 26.2 Å². The van der Waals surface area contributed by atoms with Gasteiger partial charge in [-0.2, -0.15) is 0 Å². The number of carboxylic acid groups (broad SMARTS) is 2. The third-order valence-corrected chi connectivity index (χ3v) is 3.23. The Labute approximate surface area is 153 Å². The fourth-order valence-electron chi connectivity index (χ4n) is 1.76. The molecule has 0 bridgehead atoms. The van der Waals surface area contributed by atoms with Crippen molar-refractivity contribution in [3.63, 3.8) is 0 Å². The van der Waals surface area contributed by atoms with Crippen LogP contribution in [0.15, 0.2) is 0 Å². The van der Waals surface area contributed by atoms with Crippen LogP contribution in [-0.4, -0.2) is 70.5 Å². The maximum absolute atomic E-state index is 11.8. The minimum atomic E-state index is -1.66. The van der Waals surface area contributed by atoms with E-state index in [2.05, 4.69) is 10.6 Å². The number of aliphatic carboxylic acids is 2. The third kappa shape index (κ3) is 10.4. The van der Waals surface area contributed by atoms with E-state index in [1.807, 2.05) is 5.32 Å². The summed E-state index contributed by atoms with van der Waals surface area (Å²) in [6.07, 6.45) is -0.929. The summed E-state index contributed by atoms with van der Waals surface area (Å²) >= 11 is 0. The number of hydrogen-bond donors (Lipinski definition) is 7. The molecule has 0 saturated heterocycles. The number of primary amides is 1. The maximum Gasteiger partial charge on any atom is 0.326 e. The van der Waals surface area contributed by atoms with Crippen molar-refractivity contribution in [2.75, 3.05) is 6.54 Å². The van der Waals surface area contributed by atoms with Crippen LogP contribution in [0.2, 0.25) is 0 Å². The Morgan fingerprint density at radius 1 is 1.00 bits per heavy atom. The monoisotopic (exact) mass is 389 g/mol. The molecule has 27 heavy (non-hydrogen) atoms. The molecule has 3 unspecified atom stereocenters. The van der Waals surface area contributed by atoms with Gasteiger partial charge in [0.2, 0.25) is 23.6 Å². The third-order valence-electron chi connectivity index (χ3n) is 3.23. The summed E-state index contributed by atoms with van der Waals surface area (Å²) in [6.45, 7) is 0.728. The van der Waals surface area contributed by atoms with E-state index in [0.717, 1.165) is 0 Å². The van der Waals surface area contributed by atoms with Crippen molar-refractivity contribution in [3.8, 4) is 0 Å². The normalized spacial score (nSPS) is 13.6. The molecule has 0 aromatic carbocycles. The van der Waals surface area contributed by atoms with Crippen molar-refractivity contribution < 1.29 is 39.0 Å². The lowest BCUT2D eigenvalue weighted by Gasteiger charge is -2.18. The summed E-state index contributed by atoms with van der Waals surface area (Å²) in [6, 6.07) is -3.88. The molecule has 4 amide bonds. The van der Waals surface area contributed by atoms with Crippen LogP contribution in [0.4, 0.5) is 0 Å². The number of carboxylic acids is 2. The summed E-state index contributed by atoms with van der Waals surface area (Å²) in [4.78, 5) is 67.3. The van der Waals surface area contributed by atoms with Crippen molar-refractivity contribution in [3.05, 3.63) is 0 Å². The molecule has 0 spiro atoms. The number of amides is 4. The number of carbonyl (C=O) groups excluding carboxylic acids is 4. The quantitative estimate of drug-likeness (QED) is 0.173. The van der Waals surface area contributed by atoms with Crippen LogP contribution >= 0.6 is 0 Å². The second kappa shape index (κ2) is 11.4. The van der Waals surface area contributed by atoms with E-state index in [9.17, 15) is 28.8 Å². The Bertz CT molecular complexity index is 608. The summed E-state index contributed by atoms with van der Waals surface area (Å²) < 4.78 is 0. The first-order valence-corrected chi connectivity index (χ1v) is 7.80. The molecule has 9 N–H and O–H groups in total. The highest BCUT2D eigenvalue weighted by Gasteiger charge is 2.26. The van der Waals surface area contributed by atoms with E-state index in [4.69, 9.17) is 21.7 Å². The Morgan fingerprint density at radius 3 is 2.07 bits per heavy atom. The number of rotatable bonds is 12. The smallest absolute Gasteiger partial charge is 0.326 e. The van der Waals surface area contributed by atoms with Gasteiger partial charge < -0.3 is 37.6 Å². The van der Waals surface area contributed by atoms with Crippen molar-refractivity contribution in [2.45, 2.75) is 44.3 Å². The second-order valence-corrected chi connectivity index (χ2v) is 5.62. The van der Waals surface area contributed by atoms with Gasteiger partial charge in [-0.15, -0.1) is 0 Å². The molecule has 0 aliphatic carbocycles. The van der Waals surface area contributed by atoms with Gasteiger partial charge in [-0.05, 0) is 13.3 Å². The molecule has 0 aliphatic heterocycles. The number of carbonyl (C=O) groups is 6. The van der Waals surface area contributed by atoms with Gasteiger partial charge in [0, 0.05) is 6.42 Å². The first-order valence-electron chi connectivity index (χ1n) is 7.80. The molecular weight excluding hydrogens is 366 g/mol. The van der Waals surface area contributed by atoms with E-state index in [1.165, 1.54) is 6.92 Å². The van der Waals surface area contributed by atoms with Gasteiger partial charge in [-0.25, -0.2) is 4.79 Å². The van der Waals surface area contributed by atoms with Crippen molar-refractivity contribution in [2.24, 2.45) is 11.5 Å². The first kappa shape index (κ1) is 23.8. The maximum atomic E-state index is 11.8. The highest BCUT2D eigenvalue weighted by atomic mass is 16.4. The zero-order chi connectivity index (χ0) is 21.1. The molecular formula is C14H23N5O8. The van der Waals surface area contributed by atoms with Crippen LogP contribution in [0.25, 0.3) is 0 Å². The van der Waals surface area contributed by atoms with E-state index in [1.54, 1.807) is 0 Å². The summed E-state index contributed by atoms with van der Waals surface area (Å²) in [5.74, 6) is -5.97. The molecule has 13 heteroatoms. The second-order valence-electron chi connectivity index (χ2n) is 5.62. The van der Waals surface area contributed by atoms with Crippen LogP contribution < -0.4 is 27.4 Å². The Hall–Kier alpha value is -3.22. The van der Waals surface area contributed by atoms with E-state index in [-0.39, 0.29) is 12.8 Å². The zero-order valence-corrected chi connectivity index (χ0v) is 14.6. The Balaban J connectivity index is 4.41. The molecule has 0 radical (unpaired) electrons. The van der Waals surface area contributed by atoms with Gasteiger partial charge in [0.25, 0.3) is 0 Å². The lowest BCUT2D eigenvalue weighted by atomic mass is 10.1. The Kier molecular flexibility index (Phi) is 10.0. The number of nitrogens with one attached hydrogen (secondary N) is 3. The van der Waals surface area contributed by atoms with Crippen molar-refractivity contribution in [1.82, 2.24) is 16.0 Å². The van der Waals surface area contributed by atoms with Crippen LogP contribution in [-0.2, 0) is 28.8 Å². The van der Waals surface area contributed by atoms with Crippen molar-refractivity contribution >= 4 is 35.6 Å². The van der Waals surface area contributed by atoms with Crippen LogP contribution in [0, 0.1) is 0 Å². The topological polar surface area (TPSA) is 231 Å². The average Bonchev–Trinajstić information content (AvgIpc) is 2.55. The molecule has 0 fully saturated rings. The molecule has 0 aliphatic rings. The minimum Gasteiger partial charge on any atom is -0.481 e. The molecule has 0 heterocycles. The van der Waals surface area contributed by atoms with Gasteiger partial charge in [0.1, 0.15) is 12.1 Å². The van der Waals surface area contributed by atoms with Gasteiger partial charge in [-0.3, -0.25) is 24.0 Å². The highest BCUT2D eigenvalue weighted by molar-refractivity contribution is 5.93. The predicted molar refractivity (Wildman–Crippen MR) is 88.8 cm³/mol. The van der Waals surface area contributed by atoms with Gasteiger partial charge in [0.05, 0.1) is 19.0 Å². The largest absolute Gasteiger partial charge is 0.481 e. The molecule has 0 saturated carbocycles. The van der Waals surface area contributed by atoms with Gasteiger partial charge >= 0.3 is 11.9 Å². The lowest BCUT2D eigenvalue weighted by molar-refractivity contribution is -0.147. The SMILES string of the molecule is CC(NC(=O)CNC(=O)C(N)CCC(N)=O)C(=O)NC(CC(=O)O)C(=O)O. The van der Waals surface area contributed by atoms with Crippen LogP contribution in [0.5, 0.6) is 0 Å². The fraction of sp³-hybridized carbons (Fsp3) is 0.571. The number of hydrogen-bond acceptors (Lipinski definition) is 7. The highest BCUT2D eigenvalue weighted by Crippen LogP contribution is 1.95. The molecule has 0 rings (SSSR count). The summed E-state index contributed by atoms with van der Waals surface area (Å²) in [5, 5.41) is 23.8. The molecule has 152 valence electrons. The standard InChI is InChI=1S/C14H23N5O8/c1-6(12(24)19-8(14(26)27)4-11(22)23)18-10(21)5-17-13(25)7(15)2-3-9(16)20/h6-8H,2-5,15H2,1H3,(H2,16,20)(H,17,25)(H,18,21)(H,19,24)(H,22,23)(H,26,27). The van der Waals surface area contributed by atoms with Crippen molar-refractivity contribution in [1.29, 1.82) is 0 Å². The minimum absolute atomic E-state index is 0.00173. The molecule has 0 aromatic rings. The zero-order valence-electron chi connectivity index (χ0n) is 14.6. The summed E-state index contributed by atoms with van der Waals surface area (Å²) in [7, 11) is 0.